The summed E-state index contributed by atoms with van der Waals surface area (Å²) >= 11 is 0. The van der Waals surface area contributed by atoms with E-state index in [0.29, 0.717) is 5.92 Å². The van der Waals surface area contributed by atoms with Gasteiger partial charge in [0.15, 0.2) is 0 Å². The zero-order chi connectivity index (χ0) is 7.90. The van der Waals surface area contributed by atoms with E-state index in [1.807, 2.05) is 0 Å². The molecule has 1 saturated heterocycles. The number of halogens is 1. The molecule has 2 rings (SSSR count). The first-order chi connectivity index (χ1) is 5.20. The van der Waals surface area contributed by atoms with Crippen molar-refractivity contribution in [2.75, 3.05) is 6.54 Å². The summed E-state index contributed by atoms with van der Waals surface area (Å²) in [7, 11) is 0. The Hall–Kier alpha value is -0.110. The smallest absolute Gasteiger partial charge is 0.123 e. The maximum Gasteiger partial charge on any atom is 0.123 e. The fraction of sp³-hybridized carbons (Fsp3) is 1.00. The zero-order valence-electron chi connectivity index (χ0n) is 7.07. The van der Waals surface area contributed by atoms with Crippen molar-refractivity contribution in [3.8, 4) is 0 Å². The third-order valence-corrected chi connectivity index (χ3v) is 2.95. The quantitative estimate of drug-likeness (QED) is 0.612. The van der Waals surface area contributed by atoms with Gasteiger partial charge in [-0.15, -0.1) is 0 Å². The van der Waals surface area contributed by atoms with Crippen LogP contribution in [0.15, 0.2) is 0 Å². The van der Waals surface area contributed by atoms with E-state index in [9.17, 15) is 4.39 Å². The van der Waals surface area contributed by atoms with Gasteiger partial charge in [0, 0.05) is 6.04 Å². The van der Waals surface area contributed by atoms with E-state index in [2.05, 4.69) is 5.32 Å². The molecule has 64 valence electrons. The Kier molecular flexibility index (Phi) is 1.67. The van der Waals surface area contributed by atoms with Crippen molar-refractivity contribution in [1.82, 2.24) is 5.32 Å². The molecule has 2 unspecified atom stereocenters. The summed E-state index contributed by atoms with van der Waals surface area (Å²) in [6.07, 6.45) is 4.21. The highest BCUT2D eigenvalue weighted by molar-refractivity contribution is 5.00. The van der Waals surface area contributed by atoms with Crippen LogP contribution >= 0.6 is 0 Å². The van der Waals surface area contributed by atoms with Gasteiger partial charge in [-0.25, -0.2) is 4.39 Å². The van der Waals surface area contributed by atoms with Crippen LogP contribution in [0, 0.1) is 5.92 Å². The number of rotatable bonds is 1. The van der Waals surface area contributed by atoms with Gasteiger partial charge in [0.1, 0.15) is 5.67 Å². The third-order valence-electron chi connectivity index (χ3n) is 2.95. The van der Waals surface area contributed by atoms with Crippen molar-refractivity contribution >= 4 is 0 Å². The molecule has 0 aromatic carbocycles. The highest BCUT2D eigenvalue weighted by atomic mass is 19.1. The second-order valence-electron chi connectivity index (χ2n) is 4.15. The second kappa shape index (κ2) is 2.44. The molecule has 0 aromatic rings. The Morgan fingerprint density at radius 2 is 2.18 bits per heavy atom. The van der Waals surface area contributed by atoms with Crippen LogP contribution in [0.4, 0.5) is 4.39 Å². The summed E-state index contributed by atoms with van der Waals surface area (Å²) < 4.78 is 13.8. The van der Waals surface area contributed by atoms with Gasteiger partial charge in [0.25, 0.3) is 0 Å². The summed E-state index contributed by atoms with van der Waals surface area (Å²) in [5.74, 6) is 0.644. The normalized spacial score (nSPS) is 45.8. The van der Waals surface area contributed by atoms with Crippen LogP contribution in [0.3, 0.4) is 0 Å². The van der Waals surface area contributed by atoms with Crippen LogP contribution in [0.5, 0.6) is 0 Å². The van der Waals surface area contributed by atoms with Gasteiger partial charge in [-0.05, 0) is 45.1 Å². The molecule has 0 radical (unpaired) electrons. The minimum atomic E-state index is -0.931. The number of hydrogen-bond acceptors (Lipinski definition) is 1. The molecule has 2 fully saturated rings. The molecule has 1 aliphatic heterocycles. The highest BCUT2D eigenvalue weighted by Crippen LogP contribution is 2.41. The van der Waals surface area contributed by atoms with E-state index < -0.39 is 5.67 Å². The van der Waals surface area contributed by atoms with Crippen molar-refractivity contribution in [2.45, 2.75) is 44.3 Å². The van der Waals surface area contributed by atoms with Crippen molar-refractivity contribution in [3.05, 3.63) is 0 Å². The first-order valence-corrected chi connectivity index (χ1v) is 4.62. The van der Waals surface area contributed by atoms with Crippen LogP contribution in [0.2, 0.25) is 0 Å². The molecular weight excluding hydrogens is 141 g/mol. The molecule has 0 aromatic heterocycles. The van der Waals surface area contributed by atoms with Crippen LogP contribution in [0.1, 0.15) is 32.6 Å². The van der Waals surface area contributed by atoms with Crippen LogP contribution < -0.4 is 5.32 Å². The molecule has 2 heteroatoms. The molecule has 1 nitrogen and oxygen atoms in total. The molecule has 2 atom stereocenters. The summed E-state index contributed by atoms with van der Waals surface area (Å²) in [5.41, 5.74) is -0.931. The van der Waals surface area contributed by atoms with Crippen LogP contribution in [0.25, 0.3) is 0 Å². The maximum absolute atomic E-state index is 13.8. The predicted octanol–water partition coefficient (Wildman–Crippen LogP) is 1.88. The van der Waals surface area contributed by atoms with Crippen LogP contribution in [-0.2, 0) is 0 Å². The van der Waals surface area contributed by atoms with Crippen molar-refractivity contribution in [3.63, 3.8) is 0 Å². The van der Waals surface area contributed by atoms with Crippen LogP contribution in [-0.4, -0.2) is 18.3 Å². The Morgan fingerprint density at radius 3 is 2.73 bits per heavy atom. The van der Waals surface area contributed by atoms with E-state index in [-0.39, 0.29) is 6.04 Å². The maximum atomic E-state index is 13.8. The lowest BCUT2D eigenvalue weighted by atomic mass is 9.86. The largest absolute Gasteiger partial charge is 0.311 e. The lowest BCUT2D eigenvalue weighted by Crippen LogP contribution is -2.51. The van der Waals surface area contributed by atoms with Crippen molar-refractivity contribution < 1.29 is 4.39 Å². The third kappa shape index (κ3) is 1.41. The molecule has 11 heavy (non-hydrogen) atoms. The molecule has 0 spiro atoms. The summed E-state index contributed by atoms with van der Waals surface area (Å²) in [6.45, 7) is 2.77. The monoisotopic (exact) mass is 157 g/mol. The summed E-state index contributed by atoms with van der Waals surface area (Å²) in [5, 5.41) is 3.30. The van der Waals surface area contributed by atoms with Gasteiger partial charge in [-0.3, -0.25) is 0 Å². The van der Waals surface area contributed by atoms with E-state index in [1.54, 1.807) is 6.92 Å². The van der Waals surface area contributed by atoms with Gasteiger partial charge in [0.05, 0.1) is 0 Å². The molecule has 1 N–H and O–H groups in total. The average Bonchev–Trinajstić information content (AvgIpc) is 2.69. The molecule has 2 aliphatic rings. The number of alkyl halides is 1. The Labute approximate surface area is 67.4 Å². The number of hydrogen-bond donors (Lipinski definition) is 1. The fourth-order valence-electron chi connectivity index (χ4n) is 2.15. The Balaban J connectivity index is 2.02. The lowest BCUT2D eigenvalue weighted by molar-refractivity contribution is 0.0769. The first kappa shape index (κ1) is 7.53. The van der Waals surface area contributed by atoms with Crippen molar-refractivity contribution in [1.29, 1.82) is 0 Å². The molecule has 1 heterocycles. The minimum Gasteiger partial charge on any atom is -0.311 e. The SMILES string of the molecule is CC1(F)CCCNC1C1CC1. The summed E-state index contributed by atoms with van der Waals surface area (Å²) in [6, 6.07) is 0.163. The molecule has 0 bridgehead atoms. The van der Waals surface area contributed by atoms with E-state index >= 15 is 0 Å². The molecule has 1 saturated carbocycles. The minimum absolute atomic E-state index is 0.163. The molecule has 1 aliphatic carbocycles. The predicted molar refractivity (Wildman–Crippen MR) is 43.3 cm³/mol. The highest BCUT2D eigenvalue weighted by Gasteiger charge is 2.45. The standard InChI is InChI=1S/C9H16FN/c1-9(10)5-2-6-11-8(9)7-3-4-7/h7-8,11H,2-6H2,1H3. The van der Waals surface area contributed by atoms with Gasteiger partial charge >= 0.3 is 0 Å². The topological polar surface area (TPSA) is 12.0 Å². The fourth-order valence-corrected chi connectivity index (χ4v) is 2.15. The Morgan fingerprint density at radius 1 is 1.45 bits per heavy atom. The van der Waals surface area contributed by atoms with E-state index in [1.165, 1.54) is 12.8 Å². The first-order valence-electron chi connectivity index (χ1n) is 4.62. The van der Waals surface area contributed by atoms with Gasteiger partial charge in [-0.2, -0.15) is 0 Å². The van der Waals surface area contributed by atoms with E-state index in [4.69, 9.17) is 0 Å². The lowest BCUT2D eigenvalue weighted by Gasteiger charge is -2.36. The number of piperidine rings is 1. The molecular formula is C9H16FN. The van der Waals surface area contributed by atoms with E-state index in [0.717, 1.165) is 19.4 Å². The Bertz CT molecular complexity index is 152. The van der Waals surface area contributed by atoms with Crippen molar-refractivity contribution in [2.24, 2.45) is 5.92 Å². The van der Waals surface area contributed by atoms with Gasteiger partial charge in [0.2, 0.25) is 0 Å². The summed E-state index contributed by atoms with van der Waals surface area (Å²) in [4.78, 5) is 0. The van der Waals surface area contributed by atoms with Gasteiger partial charge < -0.3 is 5.32 Å². The van der Waals surface area contributed by atoms with Gasteiger partial charge in [-0.1, -0.05) is 0 Å². The zero-order valence-corrected chi connectivity index (χ0v) is 7.07. The average molecular weight is 157 g/mol. The molecule has 0 amide bonds. The second-order valence-corrected chi connectivity index (χ2v) is 4.15. The number of nitrogens with one attached hydrogen (secondary N) is 1.